The molecule has 0 aromatic carbocycles. The van der Waals surface area contributed by atoms with Crippen LogP contribution in [0.25, 0.3) is 0 Å². The first kappa shape index (κ1) is 14.8. The minimum atomic E-state index is 0.280. The van der Waals surface area contributed by atoms with Crippen molar-refractivity contribution in [2.45, 2.75) is 76.5 Å². The van der Waals surface area contributed by atoms with Gasteiger partial charge >= 0.3 is 0 Å². The molecule has 2 bridgehead atoms. The molecule has 116 valence electrons. The molecule has 20 heavy (non-hydrogen) atoms. The van der Waals surface area contributed by atoms with Crippen molar-refractivity contribution >= 4 is 0 Å². The highest BCUT2D eigenvalue weighted by Crippen LogP contribution is 2.41. The highest BCUT2D eigenvalue weighted by Gasteiger charge is 2.45. The van der Waals surface area contributed by atoms with Gasteiger partial charge in [0.25, 0.3) is 0 Å². The summed E-state index contributed by atoms with van der Waals surface area (Å²) >= 11 is 0. The molecule has 3 heteroatoms. The second-order valence-electron chi connectivity index (χ2n) is 7.88. The molecule has 3 nitrogen and oxygen atoms in total. The van der Waals surface area contributed by atoms with E-state index in [4.69, 9.17) is 10.5 Å². The van der Waals surface area contributed by atoms with Gasteiger partial charge in [-0.05, 0) is 43.9 Å². The van der Waals surface area contributed by atoms with Crippen molar-refractivity contribution in [1.82, 2.24) is 4.90 Å². The summed E-state index contributed by atoms with van der Waals surface area (Å²) in [6.45, 7) is 7.80. The maximum absolute atomic E-state index is 6.29. The highest BCUT2D eigenvalue weighted by molar-refractivity contribution is 5.00. The molecule has 2 heterocycles. The lowest BCUT2D eigenvalue weighted by atomic mass is 9.72. The summed E-state index contributed by atoms with van der Waals surface area (Å²) in [7, 11) is 0. The number of ether oxygens (including phenoxy) is 1. The summed E-state index contributed by atoms with van der Waals surface area (Å²) < 4.78 is 6.02. The molecule has 2 aliphatic heterocycles. The summed E-state index contributed by atoms with van der Waals surface area (Å²) in [4.78, 5) is 2.73. The first-order valence-electron chi connectivity index (χ1n) is 8.72. The molecule has 4 unspecified atom stereocenters. The van der Waals surface area contributed by atoms with Gasteiger partial charge in [-0.15, -0.1) is 0 Å². The van der Waals surface area contributed by atoms with Gasteiger partial charge in [-0.2, -0.15) is 0 Å². The van der Waals surface area contributed by atoms with Crippen LogP contribution in [0.2, 0.25) is 0 Å². The molecule has 2 N–H and O–H groups in total. The number of likely N-dealkylation sites (tertiary alicyclic amines) is 1. The first-order valence-corrected chi connectivity index (χ1v) is 8.72. The fraction of sp³-hybridized carbons (Fsp3) is 1.00. The molecule has 4 atom stereocenters. The zero-order valence-electron chi connectivity index (χ0n) is 13.3. The Hall–Kier alpha value is -0.120. The van der Waals surface area contributed by atoms with Gasteiger partial charge < -0.3 is 10.5 Å². The van der Waals surface area contributed by atoms with E-state index < -0.39 is 0 Å². The molecule has 0 aromatic heterocycles. The molecule has 0 amide bonds. The largest absolute Gasteiger partial charge is 0.372 e. The molecule has 0 radical (unpaired) electrons. The van der Waals surface area contributed by atoms with E-state index in [1.807, 2.05) is 0 Å². The number of hydrogen-bond acceptors (Lipinski definition) is 3. The third kappa shape index (κ3) is 2.90. The monoisotopic (exact) mass is 280 g/mol. The Morgan fingerprint density at radius 3 is 2.50 bits per heavy atom. The first-order chi connectivity index (χ1) is 9.61. The molecule has 0 aromatic rings. The predicted octanol–water partition coefficient (Wildman–Crippen LogP) is 2.78. The molecule has 0 spiro atoms. The average molecular weight is 280 g/mol. The van der Waals surface area contributed by atoms with Gasteiger partial charge in [-0.3, -0.25) is 4.90 Å². The van der Waals surface area contributed by atoms with Crippen LogP contribution in [0.4, 0.5) is 0 Å². The third-order valence-corrected chi connectivity index (χ3v) is 5.82. The van der Waals surface area contributed by atoms with Crippen molar-refractivity contribution in [3.63, 3.8) is 0 Å². The number of nitrogens with zero attached hydrogens (tertiary/aromatic N) is 1. The molecular formula is C17H32N2O. The third-order valence-electron chi connectivity index (χ3n) is 5.82. The number of hydrogen-bond donors (Lipinski definition) is 1. The minimum absolute atomic E-state index is 0.280. The van der Waals surface area contributed by atoms with Crippen LogP contribution < -0.4 is 5.73 Å². The van der Waals surface area contributed by atoms with E-state index in [0.717, 1.165) is 31.5 Å². The van der Waals surface area contributed by atoms with Crippen molar-refractivity contribution in [2.75, 3.05) is 19.6 Å². The van der Waals surface area contributed by atoms with E-state index in [0.29, 0.717) is 12.2 Å². The molecule has 3 fully saturated rings. The summed E-state index contributed by atoms with van der Waals surface area (Å²) in [5.74, 6) is 1.70. The zero-order chi connectivity index (χ0) is 14.2. The van der Waals surface area contributed by atoms with Crippen LogP contribution >= 0.6 is 0 Å². The van der Waals surface area contributed by atoms with E-state index >= 15 is 0 Å². The minimum Gasteiger partial charge on any atom is -0.372 e. The topological polar surface area (TPSA) is 38.5 Å². The Labute approximate surface area is 124 Å². The van der Waals surface area contributed by atoms with E-state index in [1.165, 1.54) is 44.9 Å². The standard InChI is InChI=1S/C17H32N2O/c1-13(2)8-14-4-3-7-17(9-14,12-18)19-10-15-5-6-16(11-19)20-15/h13-16H,3-12,18H2,1-2H3. The van der Waals surface area contributed by atoms with Crippen LogP contribution in [0, 0.1) is 11.8 Å². The fourth-order valence-electron chi connectivity index (χ4n) is 4.93. The van der Waals surface area contributed by atoms with Gasteiger partial charge in [0.15, 0.2) is 0 Å². The van der Waals surface area contributed by atoms with Gasteiger partial charge in [0.1, 0.15) is 0 Å². The number of fused-ring (bicyclic) bond motifs is 2. The van der Waals surface area contributed by atoms with Gasteiger partial charge in [0.2, 0.25) is 0 Å². The Morgan fingerprint density at radius 2 is 1.90 bits per heavy atom. The Balaban J connectivity index is 1.70. The summed E-state index contributed by atoms with van der Waals surface area (Å²) in [5, 5.41) is 0. The molecule has 1 aliphatic carbocycles. The Morgan fingerprint density at radius 1 is 1.20 bits per heavy atom. The highest BCUT2D eigenvalue weighted by atomic mass is 16.5. The molecule has 3 rings (SSSR count). The van der Waals surface area contributed by atoms with E-state index in [2.05, 4.69) is 18.7 Å². The zero-order valence-corrected chi connectivity index (χ0v) is 13.3. The van der Waals surface area contributed by atoms with Gasteiger partial charge in [0, 0.05) is 25.2 Å². The quantitative estimate of drug-likeness (QED) is 0.860. The number of nitrogens with two attached hydrogens (primary N) is 1. The van der Waals surface area contributed by atoms with Crippen LogP contribution in [-0.2, 0) is 4.74 Å². The Bertz CT molecular complexity index is 321. The maximum Gasteiger partial charge on any atom is 0.0707 e. The number of morpholine rings is 1. The second-order valence-corrected chi connectivity index (χ2v) is 7.88. The Kier molecular flexibility index (Phi) is 4.40. The van der Waals surface area contributed by atoms with Crippen molar-refractivity contribution in [3.8, 4) is 0 Å². The SMILES string of the molecule is CC(C)CC1CCCC(CN)(N2CC3CCC(C2)O3)C1. The molecule has 1 saturated carbocycles. The summed E-state index contributed by atoms with van der Waals surface area (Å²) in [5.41, 5.74) is 6.57. The average Bonchev–Trinajstić information content (AvgIpc) is 2.76. The van der Waals surface area contributed by atoms with Crippen LogP contribution in [0.3, 0.4) is 0 Å². The maximum atomic E-state index is 6.29. The predicted molar refractivity (Wildman–Crippen MR) is 82.7 cm³/mol. The molecule has 3 aliphatic rings. The van der Waals surface area contributed by atoms with Crippen molar-refractivity contribution < 1.29 is 4.74 Å². The van der Waals surface area contributed by atoms with Gasteiger partial charge in [-0.25, -0.2) is 0 Å². The molecule has 2 saturated heterocycles. The fourth-order valence-corrected chi connectivity index (χ4v) is 4.93. The van der Waals surface area contributed by atoms with Crippen molar-refractivity contribution in [1.29, 1.82) is 0 Å². The van der Waals surface area contributed by atoms with Crippen LogP contribution in [0.15, 0.2) is 0 Å². The normalized spacial score (nSPS) is 42.3. The lowest BCUT2D eigenvalue weighted by Crippen LogP contribution is -2.61. The lowest BCUT2D eigenvalue weighted by molar-refractivity contribution is -0.0909. The van der Waals surface area contributed by atoms with Gasteiger partial charge in [-0.1, -0.05) is 26.7 Å². The van der Waals surface area contributed by atoms with E-state index in [-0.39, 0.29) is 5.54 Å². The van der Waals surface area contributed by atoms with Crippen LogP contribution in [0.5, 0.6) is 0 Å². The van der Waals surface area contributed by atoms with Gasteiger partial charge in [0.05, 0.1) is 12.2 Å². The summed E-state index contributed by atoms with van der Waals surface area (Å²) in [6.07, 6.45) is 10.3. The van der Waals surface area contributed by atoms with Crippen molar-refractivity contribution in [3.05, 3.63) is 0 Å². The second kappa shape index (κ2) is 5.94. The van der Waals surface area contributed by atoms with Crippen molar-refractivity contribution in [2.24, 2.45) is 17.6 Å². The smallest absolute Gasteiger partial charge is 0.0707 e. The lowest BCUT2D eigenvalue weighted by Gasteiger charge is -2.51. The van der Waals surface area contributed by atoms with E-state index in [1.54, 1.807) is 0 Å². The molecular weight excluding hydrogens is 248 g/mol. The van der Waals surface area contributed by atoms with Crippen LogP contribution in [-0.4, -0.2) is 42.3 Å². The summed E-state index contributed by atoms with van der Waals surface area (Å²) in [6, 6.07) is 0. The number of rotatable bonds is 4. The van der Waals surface area contributed by atoms with E-state index in [9.17, 15) is 0 Å². The van der Waals surface area contributed by atoms with Crippen LogP contribution in [0.1, 0.15) is 58.8 Å².